The number of rotatable bonds is 8. The number of nitrogens with one attached hydrogen (secondary N) is 1. The molecular formula is C20H25ClN2O4S. The van der Waals surface area contributed by atoms with E-state index in [1.54, 1.807) is 30.3 Å². The van der Waals surface area contributed by atoms with E-state index in [2.05, 4.69) is 9.93 Å². The normalized spacial score (nSPS) is 11.8. The first-order valence-corrected chi connectivity index (χ1v) is 10.7. The van der Waals surface area contributed by atoms with E-state index < -0.39 is 10.0 Å². The Balaban J connectivity index is 2.24. The van der Waals surface area contributed by atoms with Crippen LogP contribution in [0.15, 0.2) is 40.3 Å². The summed E-state index contributed by atoms with van der Waals surface area (Å²) in [5.41, 5.74) is 2.48. The van der Waals surface area contributed by atoms with Crippen molar-refractivity contribution in [1.82, 2.24) is 4.83 Å². The average molecular weight is 425 g/mol. The highest BCUT2D eigenvalue weighted by Crippen LogP contribution is 2.37. The van der Waals surface area contributed by atoms with Crippen molar-refractivity contribution in [3.8, 4) is 11.5 Å². The Kier molecular flexibility index (Phi) is 7.32. The molecule has 0 fully saturated rings. The molecule has 2 aromatic rings. The molecule has 0 aliphatic rings. The van der Waals surface area contributed by atoms with Gasteiger partial charge in [-0.15, -0.1) is 0 Å². The lowest BCUT2D eigenvalue weighted by Crippen LogP contribution is -2.18. The van der Waals surface area contributed by atoms with Gasteiger partial charge in [0.25, 0.3) is 10.0 Å². The van der Waals surface area contributed by atoms with Gasteiger partial charge >= 0.3 is 0 Å². The van der Waals surface area contributed by atoms with Gasteiger partial charge in [0, 0.05) is 0 Å². The first kappa shape index (κ1) is 22.0. The van der Waals surface area contributed by atoms with Crippen molar-refractivity contribution in [3.63, 3.8) is 0 Å². The Morgan fingerprint density at radius 3 is 2.50 bits per heavy atom. The molecule has 0 bridgehead atoms. The molecule has 8 heteroatoms. The van der Waals surface area contributed by atoms with Gasteiger partial charge in [0.05, 0.1) is 28.8 Å². The van der Waals surface area contributed by atoms with Crippen LogP contribution in [-0.4, -0.2) is 27.3 Å². The van der Waals surface area contributed by atoms with E-state index in [-0.39, 0.29) is 11.0 Å². The van der Waals surface area contributed by atoms with Crippen LogP contribution in [0, 0.1) is 13.8 Å². The highest BCUT2D eigenvalue weighted by molar-refractivity contribution is 7.89. The van der Waals surface area contributed by atoms with Crippen molar-refractivity contribution in [3.05, 3.63) is 52.0 Å². The van der Waals surface area contributed by atoms with E-state index in [4.69, 9.17) is 21.1 Å². The lowest BCUT2D eigenvalue weighted by atomic mass is 10.1. The molecule has 0 unspecified atom stereocenters. The summed E-state index contributed by atoms with van der Waals surface area (Å²) in [5, 5.41) is 4.22. The van der Waals surface area contributed by atoms with Gasteiger partial charge in [0.1, 0.15) is 0 Å². The van der Waals surface area contributed by atoms with Gasteiger partial charge < -0.3 is 9.47 Å². The third-order valence-corrected chi connectivity index (χ3v) is 5.36. The summed E-state index contributed by atoms with van der Waals surface area (Å²) in [6.45, 7) is 9.85. The highest BCUT2D eigenvalue weighted by atomic mass is 35.5. The second-order valence-corrected chi connectivity index (χ2v) is 8.60. The molecular weight excluding hydrogens is 400 g/mol. The third-order valence-electron chi connectivity index (χ3n) is 3.86. The van der Waals surface area contributed by atoms with Gasteiger partial charge in [-0.25, -0.2) is 4.83 Å². The van der Waals surface area contributed by atoms with Gasteiger partial charge in [-0.05, 0) is 75.6 Å². The lowest BCUT2D eigenvalue weighted by molar-refractivity contribution is 0.224. The van der Waals surface area contributed by atoms with Crippen LogP contribution in [0.25, 0.3) is 0 Å². The smallest absolute Gasteiger partial charge is 0.276 e. The maximum Gasteiger partial charge on any atom is 0.276 e. The summed E-state index contributed by atoms with van der Waals surface area (Å²) < 4.78 is 36.1. The van der Waals surface area contributed by atoms with Gasteiger partial charge in [-0.3, -0.25) is 0 Å². The zero-order valence-electron chi connectivity index (χ0n) is 16.6. The molecule has 0 aliphatic heterocycles. The van der Waals surface area contributed by atoms with Crippen LogP contribution in [0.2, 0.25) is 5.02 Å². The summed E-state index contributed by atoms with van der Waals surface area (Å²) >= 11 is 6.31. The minimum Gasteiger partial charge on any atom is -0.490 e. The van der Waals surface area contributed by atoms with Gasteiger partial charge in [-0.2, -0.15) is 13.5 Å². The van der Waals surface area contributed by atoms with E-state index in [9.17, 15) is 8.42 Å². The number of aryl methyl sites for hydroxylation is 2. The summed E-state index contributed by atoms with van der Waals surface area (Å²) in [5.74, 6) is 0.925. The molecule has 0 radical (unpaired) electrons. The Labute approximate surface area is 171 Å². The van der Waals surface area contributed by atoms with Crippen LogP contribution >= 0.6 is 11.6 Å². The maximum atomic E-state index is 12.4. The summed E-state index contributed by atoms with van der Waals surface area (Å²) in [4.78, 5) is 2.37. The number of halogens is 1. The molecule has 0 spiro atoms. The van der Waals surface area contributed by atoms with E-state index in [0.29, 0.717) is 28.7 Å². The SMILES string of the molecule is CCOc1cc(/C=N/NS(=O)(=O)c2ccc(C)c(C)c2)cc(Cl)c1OC(C)C. The van der Waals surface area contributed by atoms with Gasteiger partial charge in [0.15, 0.2) is 11.5 Å². The van der Waals surface area contributed by atoms with E-state index >= 15 is 0 Å². The molecule has 28 heavy (non-hydrogen) atoms. The van der Waals surface area contributed by atoms with Crippen molar-refractivity contribution in [2.24, 2.45) is 5.10 Å². The Morgan fingerprint density at radius 2 is 1.89 bits per heavy atom. The van der Waals surface area contributed by atoms with E-state index in [1.807, 2.05) is 34.6 Å². The Hall–Kier alpha value is -2.25. The fourth-order valence-electron chi connectivity index (χ4n) is 2.38. The average Bonchev–Trinajstić information content (AvgIpc) is 2.60. The number of hydrogen-bond donors (Lipinski definition) is 1. The number of ether oxygens (including phenoxy) is 2. The number of hydrogen-bond acceptors (Lipinski definition) is 5. The number of sulfonamides is 1. The van der Waals surface area contributed by atoms with Crippen molar-refractivity contribution >= 4 is 27.8 Å². The lowest BCUT2D eigenvalue weighted by Gasteiger charge is -2.16. The molecule has 0 aromatic heterocycles. The first-order chi connectivity index (χ1) is 13.1. The highest BCUT2D eigenvalue weighted by Gasteiger charge is 2.15. The van der Waals surface area contributed by atoms with Crippen molar-refractivity contribution in [1.29, 1.82) is 0 Å². The van der Waals surface area contributed by atoms with Crippen molar-refractivity contribution in [2.75, 3.05) is 6.61 Å². The predicted octanol–water partition coefficient (Wildman–Crippen LogP) is 4.46. The molecule has 0 atom stereocenters. The largest absolute Gasteiger partial charge is 0.490 e. The molecule has 1 N–H and O–H groups in total. The zero-order chi connectivity index (χ0) is 20.9. The fraction of sp³-hybridized carbons (Fsp3) is 0.350. The summed E-state index contributed by atoms with van der Waals surface area (Å²) in [7, 11) is -3.76. The van der Waals surface area contributed by atoms with Crippen molar-refractivity contribution in [2.45, 2.75) is 45.6 Å². The van der Waals surface area contributed by atoms with Gasteiger partial charge in [-0.1, -0.05) is 17.7 Å². The molecule has 0 saturated carbocycles. The van der Waals surface area contributed by atoms with Crippen LogP contribution in [0.5, 0.6) is 11.5 Å². The van der Waals surface area contributed by atoms with Crippen LogP contribution in [0.3, 0.4) is 0 Å². The Morgan fingerprint density at radius 1 is 1.18 bits per heavy atom. The molecule has 0 aliphatic carbocycles. The quantitative estimate of drug-likeness (QED) is 0.501. The second-order valence-electron chi connectivity index (χ2n) is 6.53. The molecule has 0 saturated heterocycles. The monoisotopic (exact) mass is 424 g/mol. The van der Waals surface area contributed by atoms with Crippen LogP contribution in [0.1, 0.15) is 37.5 Å². The zero-order valence-corrected chi connectivity index (χ0v) is 18.2. The number of hydrazone groups is 1. The standard InChI is InChI=1S/C20H25ClN2O4S/c1-6-26-19-11-16(10-18(21)20(19)27-13(2)3)12-22-23-28(24,25)17-8-7-14(4)15(5)9-17/h7-13,23H,6H2,1-5H3/b22-12+. The number of benzene rings is 2. The summed E-state index contributed by atoms with van der Waals surface area (Å²) in [6.07, 6.45) is 1.30. The van der Waals surface area contributed by atoms with Crippen LogP contribution < -0.4 is 14.3 Å². The third kappa shape index (κ3) is 5.62. The topological polar surface area (TPSA) is 77.0 Å². The van der Waals surface area contributed by atoms with E-state index in [1.165, 1.54) is 6.21 Å². The summed E-state index contributed by atoms with van der Waals surface area (Å²) in [6, 6.07) is 8.24. The van der Waals surface area contributed by atoms with Gasteiger partial charge in [0.2, 0.25) is 0 Å². The molecule has 0 heterocycles. The van der Waals surface area contributed by atoms with Crippen molar-refractivity contribution < 1.29 is 17.9 Å². The van der Waals surface area contributed by atoms with E-state index in [0.717, 1.165) is 11.1 Å². The maximum absolute atomic E-state index is 12.4. The molecule has 152 valence electrons. The van der Waals surface area contributed by atoms with Crippen LogP contribution in [-0.2, 0) is 10.0 Å². The second kappa shape index (κ2) is 9.30. The molecule has 0 amide bonds. The molecule has 2 aromatic carbocycles. The fourth-order valence-corrected chi connectivity index (χ4v) is 3.52. The Bertz CT molecular complexity index is 972. The minimum atomic E-state index is -3.76. The minimum absolute atomic E-state index is 0.0685. The molecule has 2 rings (SSSR count). The van der Waals surface area contributed by atoms with Crippen LogP contribution in [0.4, 0.5) is 0 Å². The number of nitrogens with zero attached hydrogens (tertiary/aromatic N) is 1. The first-order valence-electron chi connectivity index (χ1n) is 8.89. The molecule has 6 nitrogen and oxygen atoms in total. The predicted molar refractivity (Wildman–Crippen MR) is 112 cm³/mol.